The quantitative estimate of drug-likeness (QED) is 0.779. The summed E-state index contributed by atoms with van der Waals surface area (Å²) in [5.41, 5.74) is 0. The Labute approximate surface area is 144 Å². The number of halogens is 1. The lowest BCUT2D eigenvalue weighted by Gasteiger charge is -2.35. The molecule has 8 heteroatoms. The van der Waals surface area contributed by atoms with Gasteiger partial charge in [-0.1, -0.05) is 15.9 Å². The summed E-state index contributed by atoms with van der Waals surface area (Å²) in [7, 11) is -3.42. The molecule has 22 heavy (non-hydrogen) atoms. The van der Waals surface area contributed by atoms with E-state index in [0.717, 1.165) is 9.59 Å². The van der Waals surface area contributed by atoms with Crippen molar-refractivity contribution in [2.75, 3.05) is 26.2 Å². The number of rotatable bonds is 3. The predicted octanol–water partition coefficient (Wildman–Crippen LogP) is 1.79. The normalized spacial score (nSPS) is 20.0. The van der Waals surface area contributed by atoms with Crippen LogP contribution in [0.4, 0.5) is 0 Å². The third kappa shape index (κ3) is 3.61. The summed E-state index contributed by atoms with van der Waals surface area (Å²) in [5, 5.41) is 4.05. The minimum atomic E-state index is -3.42. The first-order valence-electron chi connectivity index (χ1n) is 7.28. The first-order valence-corrected chi connectivity index (χ1v) is 9.92. The molecule has 1 aromatic rings. The van der Waals surface area contributed by atoms with E-state index in [4.69, 9.17) is 12.2 Å². The Balaban J connectivity index is 1.62. The van der Waals surface area contributed by atoms with Gasteiger partial charge >= 0.3 is 0 Å². The average Bonchev–Trinajstić information content (AvgIpc) is 3.32. The Morgan fingerprint density at radius 2 is 1.73 bits per heavy atom. The third-order valence-corrected chi connectivity index (χ3v) is 6.70. The number of nitrogens with one attached hydrogen (secondary N) is 1. The topological polar surface area (TPSA) is 52.7 Å². The van der Waals surface area contributed by atoms with Crippen molar-refractivity contribution in [1.29, 1.82) is 0 Å². The van der Waals surface area contributed by atoms with Gasteiger partial charge < -0.3 is 10.2 Å². The molecular weight excluding hydrogens is 386 g/mol. The van der Waals surface area contributed by atoms with E-state index < -0.39 is 10.0 Å². The molecule has 0 radical (unpaired) electrons. The van der Waals surface area contributed by atoms with Crippen molar-refractivity contribution in [3.63, 3.8) is 0 Å². The van der Waals surface area contributed by atoms with Crippen LogP contribution in [0.3, 0.4) is 0 Å². The summed E-state index contributed by atoms with van der Waals surface area (Å²) in [6.45, 7) is 2.19. The first-order chi connectivity index (χ1) is 10.5. The van der Waals surface area contributed by atoms with Crippen LogP contribution in [0, 0.1) is 0 Å². The second kappa shape index (κ2) is 6.43. The molecule has 1 aliphatic carbocycles. The largest absolute Gasteiger partial charge is 0.360 e. The monoisotopic (exact) mass is 403 g/mol. The molecule has 1 N–H and O–H groups in total. The lowest BCUT2D eigenvalue weighted by molar-refractivity contribution is 0.264. The van der Waals surface area contributed by atoms with Gasteiger partial charge in [0.1, 0.15) is 0 Å². The van der Waals surface area contributed by atoms with Crippen LogP contribution in [0.5, 0.6) is 0 Å². The molecular formula is C14H18BrN3O2S2. The van der Waals surface area contributed by atoms with E-state index in [1.54, 1.807) is 24.3 Å². The zero-order valence-electron chi connectivity index (χ0n) is 12.0. The fourth-order valence-corrected chi connectivity index (χ4v) is 4.42. The minimum absolute atomic E-state index is 0.336. The highest BCUT2D eigenvalue weighted by Crippen LogP contribution is 2.21. The first kappa shape index (κ1) is 16.2. The van der Waals surface area contributed by atoms with Crippen LogP contribution in [-0.4, -0.2) is 55.0 Å². The van der Waals surface area contributed by atoms with Gasteiger partial charge in [-0.2, -0.15) is 4.31 Å². The maximum atomic E-state index is 12.6. The van der Waals surface area contributed by atoms with Gasteiger partial charge in [-0.3, -0.25) is 0 Å². The fourth-order valence-electron chi connectivity index (χ4n) is 2.38. The van der Waals surface area contributed by atoms with E-state index >= 15 is 0 Å². The smallest absolute Gasteiger partial charge is 0.243 e. The van der Waals surface area contributed by atoms with Crippen molar-refractivity contribution < 1.29 is 8.42 Å². The summed E-state index contributed by atoms with van der Waals surface area (Å²) in [6.07, 6.45) is 2.36. The van der Waals surface area contributed by atoms with Crippen molar-refractivity contribution in [2.45, 2.75) is 23.8 Å². The fraction of sp³-hybridized carbons (Fsp3) is 0.500. The molecule has 120 valence electrons. The van der Waals surface area contributed by atoms with Gasteiger partial charge in [-0.15, -0.1) is 0 Å². The van der Waals surface area contributed by atoms with Crippen LogP contribution in [0.1, 0.15) is 12.8 Å². The van der Waals surface area contributed by atoms with Crippen molar-refractivity contribution >= 4 is 43.3 Å². The SMILES string of the molecule is O=S(=O)(c1ccc(Br)cc1)N1CCN(C(=S)NC2CC2)CC1. The Hall–Kier alpha value is -0.700. The van der Waals surface area contributed by atoms with Crippen LogP contribution in [0.25, 0.3) is 0 Å². The summed E-state index contributed by atoms with van der Waals surface area (Å²) in [5.74, 6) is 0. The maximum absolute atomic E-state index is 12.6. The molecule has 1 aromatic carbocycles. The molecule has 2 fully saturated rings. The highest BCUT2D eigenvalue weighted by atomic mass is 79.9. The number of sulfonamides is 1. The summed E-state index contributed by atoms with van der Waals surface area (Å²) >= 11 is 8.69. The number of piperazine rings is 1. The van der Waals surface area contributed by atoms with E-state index in [2.05, 4.69) is 26.1 Å². The predicted molar refractivity (Wildman–Crippen MR) is 93.2 cm³/mol. The van der Waals surface area contributed by atoms with Crippen molar-refractivity contribution in [3.05, 3.63) is 28.7 Å². The van der Waals surface area contributed by atoms with Crippen LogP contribution < -0.4 is 5.32 Å². The average molecular weight is 404 g/mol. The second-order valence-corrected chi connectivity index (χ2v) is 8.81. The number of hydrogen-bond acceptors (Lipinski definition) is 3. The van der Waals surface area contributed by atoms with E-state index in [0.29, 0.717) is 37.1 Å². The van der Waals surface area contributed by atoms with Crippen LogP contribution in [0.15, 0.2) is 33.6 Å². The number of nitrogens with zero attached hydrogens (tertiary/aromatic N) is 2. The summed E-state index contributed by atoms with van der Waals surface area (Å²) in [6, 6.07) is 7.28. The van der Waals surface area contributed by atoms with E-state index in [-0.39, 0.29) is 0 Å². The van der Waals surface area contributed by atoms with Crippen LogP contribution in [-0.2, 0) is 10.0 Å². The molecule has 1 saturated carbocycles. The maximum Gasteiger partial charge on any atom is 0.243 e. The molecule has 3 rings (SSSR count). The highest BCUT2D eigenvalue weighted by Gasteiger charge is 2.30. The minimum Gasteiger partial charge on any atom is -0.360 e. The zero-order chi connectivity index (χ0) is 15.7. The van der Waals surface area contributed by atoms with Crippen LogP contribution in [0.2, 0.25) is 0 Å². The molecule has 0 amide bonds. The van der Waals surface area contributed by atoms with Gasteiger partial charge in [0.25, 0.3) is 0 Å². The standard InChI is InChI=1S/C14H18BrN3O2S2/c15-11-1-5-13(6-2-11)22(19,20)18-9-7-17(8-10-18)14(21)16-12-3-4-12/h1-2,5-6,12H,3-4,7-10H2,(H,16,21). The molecule has 1 saturated heterocycles. The third-order valence-electron chi connectivity index (χ3n) is 3.88. The van der Waals surface area contributed by atoms with E-state index in [1.165, 1.54) is 17.1 Å². The summed E-state index contributed by atoms with van der Waals surface area (Å²) in [4.78, 5) is 2.39. The summed E-state index contributed by atoms with van der Waals surface area (Å²) < 4.78 is 27.6. The van der Waals surface area contributed by atoms with E-state index in [1.807, 2.05) is 0 Å². The van der Waals surface area contributed by atoms with Crippen molar-refractivity contribution in [2.24, 2.45) is 0 Å². The van der Waals surface area contributed by atoms with Gasteiger partial charge in [0.15, 0.2) is 5.11 Å². The zero-order valence-corrected chi connectivity index (χ0v) is 15.3. The Bertz CT molecular complexity index is 651. The number of thiocarbonyl (C=S) groups is 1. The molecule has 0 bridgehead atoms. The Morgan fingerprint density at radius 1 is 1.14 bits per heavy atom. The van der Waals surface area contributed by atoms with Crippen molar-refractivity contribution in [3.8, 4) is 0 Å². The van der Waals surface area contributed by atoms with Gasteiger partial charge in [-0.05, 0) is 49.3 Å². The Kier molecular flexibility index (Phi) is 4.72. The van der Waals surface area contributed by atoms with Gasteiger partial charge in [-0.25, -0.2) is 8.42 Å². The van der Waals surface area contributed by atoms with Gasteiger partial charge in [0.05, 0.1) is 4.90 Å². The molecule has 0 unspecified atom stereocenters. The molecule has 0 atom stereocenters. The van der Waals surface area contributed by atoms with E-state index in [9.17, 15) is 8.42 Å². The van der Waals surface area contributed by atoms with Gasteiger partial charge in [0, 0.05) is 36.7 Å². The number of benzene rings is 1. The highest BCUT2D eigenvalue weighted by molar-refractivity contribution is 9.10. The Morgan fingerprint density at radius 3 is 2.27 bits per heavy atom. The molecule has 1 aliphatic heterocycles. The second-order valence-electron chi connectivity index (χ2n) is 5.57. The molecule has 1 heterocycles. The lowest BCUT2D eigenvalue weighted by Crippen LogP contribution is -2.53. The lowest BCUT2D eigenvalue weighted by atomic mass is 10.4. The van der Waals surface area contributed by atoms with Crippen LogP contribution >= 0.6 is 28.1 Å². The molecule has 0 aromatic heterocycles. The molecule has 5 nitrogen and oxygen atoms in total. The molecule has 0 spiro atoms. The van der Waals surface area contributed by atoms with Crippen molar-refractivity contribution in [1.82, 2.24) is 14.5 Å². The molecule has 2 aliphatic rings. The number of hydrogen-bond donors (Lipinski definition) is 1. The van der Waals surface area contributed by atoms with Gasteiger partial charge in [0.2, 0.25) is 10.0 Å².